The lowest BCUT2D eigenvalue weighted by atomic mass is 9.81. The molecule has 0 saturated heterocycles. The van der Waals surface area contributed by atoms with Gasteiger partial charge in [0.2, 0.25) is 0 Å². The number of allylic oxidation sites excluding steroid dienone is 10. The van der Waals surface area contributed by atoms with E-state index in [1.165, 1.54) is 88.3 Å². The van der Waals surface area contributed by atoms with E-state index in [4.69, 9.17) is 5.73 Å². The average Bonchev–Trinajstić information content (AvgIpc) is 3.96. The molecule has 0 amide bonds. The highest BCUT2D eigenvalue weighted by Crippen LogP contribution is 2.55. The highest BCUT2D eigenvalue weighted by atomic mass is 15.0. The van der Waals surface area contributed by atoms with Crippen LogP contribution in [0.4, 0.5) is 0 Å². The number of fused-ring (bicyclic) bond motifs is 10. The van der Waals surface area contributed by atoms with E-state index in [0.29, 0.717) is 0 Å². The van der Waals surface area contributed by atoms with Crippen molar-refractivity contribution in [2.24, 2.45) is 5.73 Å². The van der Waals surface area contributed by atoms with Crippen molar-refractivity contribution in [2.75, 3.05) is 0 Å². The Hall–Kier alpha value is -7.62. The highest BCUT2D eigenvalue weighted by molar-refractivity contribution is 6.22. The van der Waals surface area contributed by atoms with Crippen molar-refractivity contribution in [3.63, 3.8) is 0 Å². The maximum absolute atomic E-state index is 6.78. The summed E-state index contributed by atoms with van der Waals surface area (Å²) in [6.07, 6.45) is 23.1. The number of nitrogens with two attached hydrogens (primary N) is 1. The Kier molecular flexibility index (Phi) is 9.34. The number of para-hydroxylation sites is 2. The first-order valence-electron chi connectivity index (χ1n) is 23.2. The van der Waals surface area contributed by atoms with Crippen LogP contribution in [-0.4, -0.2) is 9.13 Å². The van der Waals surface area contributed by atoms with Crippen molar-refractivity contribution < 1.29 is 0 Å². The SMILES string of the molecule is CC1(C)c2ccccc2-c2c1cc(-c1ccc3c4ccccc4n(C4=CCCC=C4)c3c1)c1c3ccccc3n(-c3cccc(C/C=C(\C=C(/N)C4=CCCC=C4)c4ccccc4)c3)c21. The van der Waals surface area contributed by atoms with Crippen LogP contribution in [0.15, 0.2) is 212 Å². The normalized spacial score (nSPS) is 15.8. The van der Waals surface area contributed by atoms with Crippen LogP contribution in [0.3, 0.4) is 0 Å². The first-order valence-corrected chi connectivity index (χ1v) is 23.2. The van der Waals surface area contributed by atoms with Gasteiger partial charge in [-0.1, -0.05) is 166 Å². The molecule has 2 heterocycles. The van der Waals surface area contributed by atoms with Crippen LogP contribution >= 0.6 is 0 Å². The largest absolute Gasteiger partial charge is 0.398 e. The molecule has 2 aromatic heterocycles. The maximum Gasteiger partial charge on any atom is 0.0628 e. The van der Waals surface area contributed by atoms with Crippen molar-refractivity contribution in [3.8, 4) is 27.9 Å². The van der Waals surface area contributed by atoms with Gasteiger partial charge in [0.25, 0.3) is 0 Å². The molecule has 2 N–H and O–H groups in total. The standard InChI is InChI=1S/C62H51N3/c1-62(2)53-30-15-12-28-50(53)60-54(62)40-52(45-35-36-49-48-27-13-16-31-56(48)64(58(49)39-45)46-24-10-5-11-25-46)59-51-29-14-17-32-57(51)65(61(59)60)47-26-18-19-41(37-47)33-34-44(42-20-6-3-7-21-42)38-55(63)43-22-8-4-9-23-43/h3,6-8,10,12-32,34-40H,4-5,9,11,33,63H2,1-2H3/b44-34+,55-38-. The van der Waals surface area contributed by atoms with E-state index in [0.717, 1.165) is 60.2 Å². The summed E-state index contributed by atoms with van der Waals surface area (Å²) < 4.78 is 5.04. The summed E-state index contributed by atoms with van der Waals surface area (Å²) in [6.45, 7) is 4.81. The molecule has 0 aliphatic heterocycles. The predicted octanol–water partition coefficient (Wildman–Crippen LogP) is 15.8. The number of aromatic nitrogens is 2. The Morgan fingerprint density at radius 1 is 0.600 bits per heavy atom. The van der Waals surface area contributed by atoms with E-state index >= 15 is 0 Å². The predicted molar refractivity (Wildman–Crippen MR) is 276 cm³/mol. The molecule has 12 rings (SSSR count). The van der Waals surface area contributed by atoms with Gasteiger partial charge in [-0.3, -0.25) is 0 Å². The first kappa shape index (κ1) is 39.0. The first-order chi connectivity index (χ1) is 31.9. The van der Waals surface area contributed by atoms with Gasteiger partial charge in [-0.15, -0.1) is 0 Å². The molecule has 0 saturated carbocycles. The third-order valence-corrected chi connectivity index (χ3v) is 14.2. The zero-order valence-electron chi connectivity index (χ0n) is 37.1. The molecule has 9 aromatic rings. The van der Waals surface area contributed by atoms with Crippen LogP contribution in [0, 0.1) is 0 Å². The monoisotopic (exact) mass is 837 g/mol. The molecule has 65 heavy (non-hydrogen) atoms. The van der Waals surface area contributed by atoms with Gasteiger partial charge in [0, 0.05) is 49.6 Å². The summed E-state index contributed by atoms with van der Waals surface area (Å²) in [4.78, 5) is 0. The Bertz CT molecular complexity index is 3590. The lowest BCUT2D eigenvalue weighted by Gasteiger charge is -2.23. The number of hydrogen-bond acceptors (Lipinski definition) is 1. The molecule has 0 spiro atoms. The summed E-state index contributed by atoms with van der Waals surface area (Å²) >= 11 is 0. The molecule has 0 bridgehead atoms. The molecule has 3 aliphatic rings. The molecule has 3 heteroatoms. The minimum Gasteiger partial charge on any atom is -0.398 e. The van der Waals surface area contributed by atoms with Crippen LogP contribution in [0.1, 0.15) is 61.8 Å². The van der Waals surface area contributed by atoms with Crippen LogP contribution in [-0.2, 0) is 11.8 Å². The Morgan fingerprint density at radius 2 is 1.32 bits per heavy atom. The molecule has 3 aliphatic carbocycles. The molecule has 0 radical (unpaired) electrons. The molecular weight excluding hydrogens is 787 g/mol. The molecule has 7 aromatic carbocycles. The van der Waals surface area contributed by atoms with Crippen LogP contribution in [0.5, 0.6) is 0 Å². The lowest BCUT2D eigenvalue weighted by Crippen LogP contribution is -2.15. The Balaban J connectivity index is 1.08. The fraction of sp³-hybridized carbons (Fsp3) is 0.129. The zero-order chi connectivity index (χ0) is 43.6. The molecule has 314 valence electrons. The number of rotatable bonds is 8. The van der Waals surface area contributed by atoms with Gasteiger partial charge in [-0.2, -0.15) is 0 Å². The van der Waals surface area contributed by atoms with Crippen LogP contribution in [0.25, 0.3) is 82.8 Å². The fourth-order valence-electron chi connectivity index (χ4n) is 11.0. The second-order valence-corrected chi connectivity index (χ2v) is 18.4. The van der Waals surface area contributed by atoms with Crippen LogP contribution in [0.2, 0.25) is 0 Å². The summed E-state index contributed by atoms with van der Waals surface area (Å²) in [7, 11) is 0. The number of hydrogen-bond donors (Lipinski definition) is 1. The maximum atomic E-state index is 6.78. The van der Waals surface area contributed by atoms with Gasteiger partial charge in [0.1, 0.15) is 0 Å². The number of benzene rings is 7. The lowest BCUT2D eigenvalue weighted by molar-refractivity contribution is 0.661. The van der Waals surface area contributed by atoms with Gasteiger partial charge in [0.05, 0.1) is 22.1 Å². The summed E-state index contributed by atoms with van der Waals surface area (Å²) in [5.41, 5.74) is 27.2. The van der Waals surface area contributed by atoms with Crippen molar-refractivity contribution in [2.45, 2.75) is 51.4 Å². The Labute approximate surface area is 381 Å². The topological polar surface area (TPSA) is 35.9 Å². The van der Waals surface area contributed by atoms with Gasteiger partial charge in [0.15, 0.2) is 0 Å². The minimum absolute atomic E-state index is 0.202. The Morgan fingerprint density at radius 3 is 2.12 bits per heavy atom. The second kappa shape index (κ2) is 15.6. The van der Waals surface area contributed by atoms with Gasteiger partial charge in [-0.25, -0.2) is 0 Å². The number of nitrogens with zero attached hydrogens (tertiary/aromatic N) is 2. The van der Waals surface area contributed by atoms with Crippen molar-refractivity contribution in [1.29, 1.82) is 0 Å². The van der Waals surface area contributed by atoms with Gasteiger partial charge >= 0.3 is 0 Å². The summed E-state index contributed by atoms with van der Waals surface area (Å²) in [6, 6.07) is 56.5. The van der Waals surface area contributed by atoms with E-state index in [1.54, 1.807) is 0 Å². The van der Waals surface area contributed by atoms with Gasteiger partial charge in [-0.05, 0) is 131 Å². The quantitative estimate of drug-likeness (QED) is 0.152. The minimum atomic E-state index is -0.202. The van der Waals surface area contributed by atoms with Crippen molar-refractivity contribution in [1.82, 2.24) is 9.13 Å². The van der Waals surface area contributed by atoms with E-state index in [2.05, 4.69) is 223 Å². The highest BCUT2D eigenvalue weighted by Gasteiger charge is 2.39. The van der Waals surface area contributed by atoms with E-state index in [9.17, 15) is 0 Å². The molecule has 0 atom stereocenters. The van der Waals surface area contributed by atoms with E-state index in [1.807, 2.05) is 0 Å². The van der Waals surface area contributed by atoms with Crippen LogP contribution < -0.4 is 5.73 Å². The van der Waals surface area contributed by atoms with Gasteiger partial charge < -0.3 is 14.9 Å². The fourth-order valence-corrected chi connectivity index (χ4v) is 11.0. The summed E-state index contributed by atoms with van der Waals surface area (Å²) in [5.74, 6) is 0. The zero-order valence-corrected chi connectivity index (χ0v) is 37.1. The van der Waals surface area contributed by atoms with Crippen molar-refractivity contribution >= 4 is 54.9 Å². The summed E-state index contributed by atoms with van der Waals surface area (Å²) in [5, 5.41) is 5.10. The second-order valence-electron chi connectivity index (χ2n) is 18.4. The molecule has 3 nitrogen and oxygen atoms in total. The molecule has 0 fully saturated rings. The van der Waals surface area contributed by atoms with Crippen molar-refractivity contribution in [3.05, 3.63) is 234 Å². The van der Waals surface area contributed by atoms with E-state index in [-0.39, 0.29) is 5.41 Å². The van der Waals surface area contributed by atoms with E-state index < -0.39 is 0 Å². The third kappa shape index (κ3) is 6.40. The smallest absolute Gasteiger partial charge is 0.0628 e. The molecule has 0 unspecified atom stereocenters. The molecular formula is C62H51N3. The third-order valence-electron chi connectivity index (χ3n) is 14.2. The average molecular weight is 838 g/mol.